The Bertz CT molecular complexity index is 565. The number of hydrogen-bond donors (Lipinski definition) is 1. The maximum atomic E-state index is 13.1. The van der Waals surface area contributed by atoms with Gasteiger partial charge in [0, 0.05) is 11.9 Å². The van der Waals surface area contributed by atoms with Crippen molar-refractivity contribution >= 4 is 33.2 Å². The molecule has 0 spiro atoms. The predicted molar refractivity (Wildman–Crippen MR) is 73.6 cm³/mol. The molecule has 1 fully saturated rings. The zero-order chi connectivity index (χ0) is 14.0. The quantitative estimate of drug-likeness (QED) is 0.864. The molecule has 3 nitrogen and oxygen atoms in total. The molecule has 0 heterocycles. The largest absolute Gasteiger partial charge is 0.242 e. The Morgan fingerprint density at radius 3 is 2.74 bits per heavy atom. The molecule has 1 N–H and O–H groups in total. The van der Waals surface area contributed by atoms with Crippen molar-refractivity contribution in [1.82, 2.24) is 4.72 Å². The van der Waals surface area contributed by atoms with Gasteiger partial charge in [-0.05, 0) is 37.0 Å². The molecule has 2 unspecified atom stereocenters. The minimum Gasteiger partial charge on any atom is -0.211 e. The van der Waals surface area contributed by atoms with Gasteiger partial charge in [-0.1, -0.05) is 18.0 Å². The first kappa shape index (κ1) is 15.0. The van der Waals surface area contributed by atoms with Gasteiger partial charge in [0.1, 0.15) is 10.7 Å². The lowest BCUT2D eigenvalue weighted by molar-refractivity contribution is 0.523. The van der Waals surface area contributed by atoms with Gasteiger partial charge in [-0.15, -0.1) is 11.6 Å². The van der Waals surface area contributed by atoms with E-state index < -0.39 is 15.8 Å². The van der Waals surface area contributed by atoms with Crippen LogP contribution in [0, 0.1) is 11.7 Å². The van der Waals surface area contributed by atoms with Gasteiger partial charge in [-0.25, -0.2) is 17.5 Å². The van der Waals surface area contributed by atoms with E-state index >= 15 is 0 Å². The first-order valence-corrected chi connectivity index (χ1v) is 8.28. The maximum Gasteiger partial charge on any atom is 0.242 e. The van der Waals surface area contributed by atoms with Crippen molar-refractivity contribution in [3.05, 3.63) is 29.0 Å². The van der Waals surface area contributed by atoms with Crippen LogP contribution in [0.1, 0.15) is 19.3 Å². The topological polar surface area (TPSA) is 46.2 Å². The Balaban J connectivity index is 2.12. The van der Waals surface area contributed by atoms with Crippen molar-refractivity contribution in [2.75, 3.05) is 6.54 Å². The molecule has 0 saturated heterocycles. The van der Waals surface area contributed by atoms with Gasteiger partial charge < -0.3 is 0 Å². The summed E-state index contributed by atoms with van der Waals surface area (Å²) in [5.74, 6) is -0.523. The molecule has 2 rings (SSSR count). The smallest absolute Gasteiger partial charge is 0.211 e. The summed E-state index contributed by atoms with van der Waals surface area (Å²) in [6, 6.07) is 3.26. The van der Waals surface area contributed by atoms with Crippen LogP contribution in [0.15, 0.2) is 23.1 Å². The molecule has 0 aromatic heterocycles. The van der Waals surface area contributed by atoms with Crippen molar-refractivity contribution in [2.45, 2.75) is 29.5 Å². The summed E-state index contributed by atoms with van der Waals surface area (Å²) in [4.78, 5) is -0.238. The fraction of sp³-hybridized carbons (Fsp3) is 0.500. The van der Waals surface area contributed by atoms with Crippen molar-refractivity contribution in [1.29, 1.82) is 0 Å². The second-order valence-corrected chi connectivity index (χ2v) is 7.34. The van der Waals surface area contributed by atoms with Gasteiger partial charge in [0.05, 0.1) is 5.02 Å². The highest BCUT2D eigenvalue weighted by Crippen LogP contribution is 2.30. The van der Waals surface area contributed by atoms with Crippen LogP contribution >= 0.6 is 23.2 Å². The van der Waals surface area contributed by atoms with E-state index in [1.165, 1.54) is 6.07 Å². The Hall–Kier alpha value is -0.360. The molecular formula is C12H14Cl2FNO2S. The average molecular weight is 326 g/mol. The standard InChI is InChI=1S/C12H14Cl2FNO2S/c13-10-3-1-2-8(10)7-16-19(17,18)12-6-9(15)4-5-11(12)14/h4-6,8,10,16H,1-3,7H2. The van der Waals surface area contributed by atoms with Gasteiger partial charge in [0.25, 0.3) is 0 Å². The summed E-state index contributed by atoms with van der Waals surface area (Å²) in [5.41, 5.74) is 0. The molecule has 2 atom stereocenters. The highest BCUT2D eigenvalue weighted by molar-refractivity contribution is 7.89. The third kappa shape index (κ3) is 3.60. The normalized spacial score (nSPS) is 23.7. The fourth-order valence-corrected chi connectivity index (χ4v) is 4.17. The third-order valence-electron chi connectivity index (χ3n) is 3.28. The Morgan fingerprint density at radius 1 is 1.37 bits per heavy atom. The number of alkyl halides is 1. The summed E-state index contributed by atoms with van der Waals surface area (Å²) in [7, 11) is -3.80. The summed E-state index contributed by atoms with van der Waals surface area (Å²) in [5, 5.41) is -0.00609. The fourth-order valence-electron chi connectivity index (χ4n) is 2.20. The number of halogens is 3. The summed E-state index contributed by atoms with van der Waals surface area (Å²) < 4.78 is 39.7. The minimum atomic E-state index is -3.80. The first-order valence-electron chi connectivity index (χ1n) is 5.99. The highest BCUT2D eigenvalue weighted by atomic mass is 35.5. The van der Waals surface area contributed by atoms with Crippen LogP contribution in [0.25, 0.3) is 0 Å². The van der Waals surface area contributed by atoms with Crippen molar-refractivity contribution < 1.29 is 12.8 Å². The zero-order valence-corrected chi connectivity index (χ0v) is 12.4. The molecule has 19 heavy (non-hydrogen) atoms. The van der Waals surface area contributed by atoms with Gasteiger partial charge in [0.15, 0.2) is 0 Å². The lowest BCUT2D eigenvalue weighted by Crippen LogP contribution is -2.31. The molecule has 1 aliphatic carbocycles. The Morgan fingerprint density at radius 2 is 2.11 bits per heavy atom. The van der Waals surface area contributed by atoms with Crippen LogP contribution in [-0.4, -0.2) is 20.3 Å². The summed E-state index contributed by atoms with van der Waals surface area (Å²) >= 11 is 11.9. The number of nitrogens with one attached hydrogen (secondary N) is 1. The average Bonchev–Trinajstić information content (AvgIpc) is 2.75. The first-order chi connectivity index (χ1) is 8.90. The summed E-state index contributed by atoms with van der Waals surface area (Å²) in [6.45, 7) is 0.253. The Labute approximate surface area is 122 Å². The molecule has 1 aromatic carbocycles. The molecule has 106 valence electrons. The third-order valence-corrected chi connectivity index (χ3v) is 5.76. The van der Waals surface area contributed by atoms with Gasteiger partial charge in [0.2, 0.25) is 10.0 Å². The van der Waals surface area contributed by atoms with Crippen LogP contribution in [0.2, 0.25) is 5.02 Å². The lowest BCUT2D eigenvalue weighted by Gasteiger charge is -2.15. The lowest BCUT2D eigenvalue weighted by atomic mass is 10.1. The van der Waals surface area contributed by atoms with E-state index in [4.69, 9.17) is 23.2 Å². The number of benzene rings is 1. The molecule has 0 radical (unpaired) electrons. The zero-order valence-electron chi connectivity index (χ0n) is 10.1. The minimum absolute atomic E-state index is 0.00254. The number of rotatable bonds is 4. The molecule has 7 heteroatoms. The van der Waals surface area contributed by atoms with E-state index in [1.807, 2.05) is 0 Å². The van der Waals surface area contributed by atoms with Crippen molar-refractivity contribution in [2.24, 2.45) is 5.92 Å². The Kier molecular flexibility index (Phi) is 4.71. The predicted octanol–water partition coefficient (Wildman–Crippen LogP) is 3.16. The van der Waals surface area contributed by atoms with Crippen LogP contribution in [0.4, 0.5) is 4.39 Å². The molecule has 1 saturated carbocycles. The van der Waals surface area contributed by atoms with E-state index in [-0.39, 0.29) is 27.8 Å². The molecule has 0 amide bonds. The van der Waals surface area contributed by atoms with Crippen molar-refractivity contribution in [3.63, 3.8) is 0 Å². The summed E-state index contributed by atoms with van der Waals surface area (Å²) in [6.07, 6.45) is 2.80. The second-order valence-electron chi connectivity index (χ2n) is 4.63. The molecular weight excluding hydrogens is 312 g/mol. The van der Waals surface area contributed by atoms with Crippen LogP contribution in [0.3, 0.4) is 0 Å². The molecule has 0 aliphatic heterocycles. The van der Waals surface area contributed by atoms with Crippen molar-refractivity contribution in [3.8, 4) is 0 Å². The van der Waals surface area contributed by atoms with E-state index in [0.717, 1.165) is 31.4 Å². The molecule has 1 aromatic rings. The van der Waals surface area contributed by atoms with E-state index in [1.54, 1.807) is 0 Å². The van der Waals surface area contributed by atoms with E-state index in [0.29, 0.717) is 0 Å². The monoisotopic (exact) mass is 325 g/mol. The van der Waals surface area contributed by atoms with Gasteiger partial charge >= 0.3 is 0 Å². The maximum absolute atomic E-state index is 13.1. The van der Waals surface area contributed by atoms with Crippen LogP contribution in [-0.2, 0) is 10.0 Å². The van der Waals surface area contributed by atoms with E-state index in [9.17, 15) is 12.8 Å². The molecule has 1 aliphatic rings. The second kappa shape index (κ2) is 5.95. The van der Waals surface area contributed by atoms with E-state index in [2.05, 4.69) is 4.72 Å². The SMILES string of the molecule is O=S(=O)(NCC1CCCC1Cl)c1cc(F)ccc1Cl. The number of hydrogen-bond acceptors (Lipinski definition) is 2. The van der Waals surface area contributed by atoms with Crippen LogP contribution < -0.4 is 4.72 Å². The number of sulfonamides is 1. The van der Waals surface area contributed by atoms with Gasteiger partial charge in [-0.3, -0.25) is 0 Å². The van der Waals surface area contributed by atoms with Gasteiger partial charge in [-0.2, -0.15) is 0 Å². The highest BCUT2D eigenvalue weighted by Gasteiger charge is 2.27. The molecule has 0 bridgehead atoms. The van der Waals surface area contributed by atoms with Crippen LogP contribution in [0.5, 0.6) is 0 Å².